The molecule has 0 aliphatic rings. The van der Waals surface area contributed by atoms with Crippen molar-refractivity contribution in [2.75, 3.05) is 17.6 Å². The Morgan fingerprint density at radius 3 is 3.00 bits per heavy atom. The van der Waals surface area contributed by atoms with Crippen molar-refractivity contribution in [3.63, 3.8) is 0 Å². The zero-order chi connectivity index (χ0) is 15.2. The van der Waals surface area contributed by atoms with E-state index in [1.54, 1.807) is 12.4 Å². The number of carbonyl (C=O) groups excluding carboxylic acids is 1. The van der Waals surface area contributed by atoms with Gasteiger partial charge in [-0.25, -0.2) is 4.98 Å². The first-order chi connectivity index (χ1) is 10.1. The van der Waals surface area contributed by atoms with Crippen LogP contribution in [0.5, 0.6) is 0 Å². The molecule has 0 spiro atoms. The van der Waals surface area contributed by atoms with Gasteiger partial charge < -0.3 is 21.4 Å². The minimum atomic E-state index is -0.190. The summed E-state index contributed by atoms with van der Waals surface area (Å²) < 4.78 is 4.05. The van der Waals surface area contributed by atoms with Crippen LogP contribution in [-0.2, 0) is 6.42 Å². The van der Waals surface area contributed by atoms with Gasteiger partial charge in [0.2, 0.25) is 0 Å². The predicted molar refractivity (Wildman–Crippen MR) is 84.5 cm³/mol. The Bertz CT molecular complexity index is 578. The summed E-state index contributed by atoms with van der Waals surface area (Å²) >= 11 is 1.21. The second-order valence-electron chi connectivity index (χ2n) is 4.97. The number of carbonyl (C=O) groups is 1. The van der Waals surface area contributed by atoms with Gasteiger partial charge in [-0.1, -0.05) is 0 Å². The first-order valence-corrected chi connectivity index (χ1v) is 7.63. The number of amides is 1. The second kappa shape index (κ2) is 7.07. The molecule has 7 nitrogen and oxygen atoms in total. The predicted octanol–water partition coefficient (Wildman–Crippen LogP) is 1.63. The van der Waals surface area contributed by atoms with E-state index in [0.29, 0.717) is 10.6 Å². The number of hydrogen-bond donors (Lipinski definition) is 4. The molecule has 114 valence electrons. The lowest BCUT2D eigenvalue weighted by molar-refractivity contribution is 0.0945. The third-order valence-corrected chi connectivity index (χ3v) is 3.62. The molecule has 21 heavy (non-hydrogen) atoms. The number of aromatic nitrogens is 3. The Kier molecular flexibility index (Phi) is 5.15. The summed E-state index contributed by atoms with van der Waals surface area (Å²) in [6.45, 7) is 4.54. The molecule has 0 radical (unpaired) electrons. The van der Waals surface area contributed by atoms with Gasteiger partial charge in [0, 0.05) is 31.4 Å². The molecular weight excluding hydrogens is 288 g/mol. The highest BCUT2D eigenvalue weighted by atomic mass is 32.1. The van der Waals surface area contributed by atoms with E-state index < -0.39 is 0 Å². The van der Waals surface area contributed by atoms with Gasteiger partial charge in [0.1, 0.15) is 16.4 Å². The number of imidazole rings is 1. The molecule has 0 saturated heterocycles. The number of H-pyrrole nitrogens is 1. The van der Waals surface area contributed by atoms with E-state index in [9.17, 15) is 4.79 Å². The van der Waals surface area contributed by atoms with E-state index in [1.165, 1.54) is 11.5 Å². The van der Waals surface area contributed by atoms with Gasteiger partial charge in [0.15, 0.2) is 5.82 Å². The summed E-state index contributed by atoms with van der Waals surface area (Å²) in [5, 5.41) is 6.77. The highest BCUT2D eigenvalue weighted by Crippen LogP contribution is 2.26. The molecule has 0 saturated carbocycles. The molecule has 0 aromatic carbocycles. The minimum Gasteiger partial charge on any atom is -0.382 e. The minimum absolute atomic E-state index is 0.0589. The molecule has 2 heterocycles. The van der Waals surface area contributed by atoms with Crippen molar-refractivity contribution in [3.8, 4) is 0 Å². The van der Waals surface area contributed by atoms with E-state index in [-0.39, 0.29) is 17.8 Å². The summed E-state index contributed by atoms with van der Waals surface area (Å²) in [5.74, 6) is 1.04. The van der Waals surface area contributed by atoms with Gasteiger partial charge in [0.05, 0.1) is 0 Å². The van der Waals surface area contributed by atoms with E-state index in [1.807, 2.05) is 13.8 Å². The number of nitrogens with zero attached hydrogens (tertiary/aromatic N) is 2. The quantitative estimate of drug-likeness (QED) is 0.581. The number of hydrogen-bond acceptors (Lipinski definition) is 6. The fraction of sp³-hybridized carbons (Fsp3) is 0.462. The maximum atomic E-state index is 12.1. The monoisotopic (exact) mass is 308 g/mol. The van der Waals surface area contributed by atoms with Crippen molar-refractivity contribution in [1.82, 2.24) is 19.7 Å². The Hall–Kier alpha value is -2.09. The van der Waals surface area contributed by atoms with Crippen LogP contribution in [0.2, 0.25) is 0 Å². The van der Waals surface area contributed by atoms with Crippen LogP contribution in [0, 0.1) is 0 Å². The maximum absolute atomic E-state index is 12.1. The number of rotatable bonds is 7. The molecule has 0 fully saturated rings. The Balaban J connectivity index is 1.89. The first-order valence-electron chi connectivity index (χ1n) is 6.86. The van der Waals surface area contributed by atoms with Crippen molar-refractivity contribution in [1.29, 1.82) is 0 Å². The number of nitrogens with one attached hydrogen (secondary N) is 3. The van der Waals surface area contributed by atoms with Gasteiger partial charge in [-0.05, 0) is 31.8 Å². The third kappa shape index (κ3) is 4.19. The summed E-state index contributed by atoms with van der Waals surface area (Å²) in [5.41, 5.74) is 6.22. The molecule has 0 bridgehead atoms. The Labute approximate surface area is 127 Å². The Morgan fingerprint density at radius 1 is 1.52 bits per heavy atom. The van der Waals surface area contributed by atoms with Crippen LogP contribution in [0.3, 0.4) is 0 Å². The molecule has 5 N–H and O–H groups in total. The standard InChI is InChI=1S/C13H20N6OS/c1-8(2)18-12(20)10-11(14)19-21-13(10)17-5-3-4-9-15-6-7-16-9/h6-8,17H,3-5H2,1-2H3,(H2,14,19)(H,15,16)(H,18,20). The fourth-order valence-corrected chi connectivity index (χ4v) is 2.61. The van der Waals surface area contributed by atoms with Crippen LogP contribution in [0.25, 0.3) is 0 Å². The summed E-state index contributed by atoms with van der Waals surface area (Å²) in [6.07, 6.45) is 5.29. The third-order valence-electron chi connectivity index (χ3n) is 2.80. The van der Waals surface area contributed by atoms with Gasteiger partial charge in [0.25, 0.3) is 5.91 Å². The molecule has 2 aromatic heterocycles. The molecule has 2 aromatic rings. The first kappa shape index (κ1) is 15.3. The van der Waals surface area contributed by atoms with Crippen molar-refractivity contribution in [2.45, 2.75) is 32.7 Å². The van der Waals surface area contributed by atoms with Crippen molar-refractivity contribution in [3.05, 3.63) is 23.8 Å². The van der Waals surface area contributed by atoms with E-state index in [2.05, 4.69) is 25.0 Å². The number of aromatic amines is 1. The summed E-state index contributed by atoms with van der Waals surface area (Å²) in [6, 6.07) is 0.0589. The van der Waals surface area contributed by atoms with Crippen LogP contribution < -0.4 is 16.4 Å². The normalized spacial score (nSPS) is 10.8. The lowest BCUT2D eigenvalue weighted by Gasteiger charge is -2.10. The molecule has 0 unspecified atom stereocenters. The second-order valence-corrected chi connectivity index (χ2v) is 5.74. The van der Waals surface area contributed by atoms with Crippen molar-refractivity contribution in [2.24, 2.45) is 0 Å². The molecule has 0 aliphatic carbocycles. The zero-order valence-electron chi connectivity index (χ0n) is 12.1. The highest BCUT2D eigenvalue weighted by molar-refractivity contribution is 7.11. The molecule has 0 atom stereocenters. The maximum Gasteiger partial charge on any atom is 0.258 e. The highest BCUT2D eigenvalue weighted by Gasteiger charge is 2.19. The topological polar surface area (TPSA) is 109 Å². The SMILES string of the molecule is CC(C)NC(=O)c1c(N)nsc1NCCCc1ncc[nH]1. The van der Waals surface area contributed by atoms with Gasteiger partial charge in [-0.3, -0.25) is 4.79 Å². The van der Waals surface area contributed by atoms with Crippen LogP contribution in [0.1, 0.15) is 36.5 Å². The molecule has 1 amide bonds. The average molecular weight is 308 g/mol. The van der Waals surface area contributed by atoms with Crippen molar-refractivity contribution < 1.29 is 4.79 Å². The van der Waals surface area contributed by atoms with Gasteiger partial charge >= 0.3 is 0 Å². The lowest BCUT2D eigenvalue weighted by atomic mass is 10.2. The number of nitrogens with two attached hydrogens (primary N) is 1. The van der Waals surface area contributed by atoms with E-state index in [0.717, 1.165) is 25.2 Å². The van der Waals surface area contributed by atoms with E-state index in [4.69, 9.17) is 5.73 Å². The number of anilines is 2. The van der Waals surface area contributed by atoms with Crippen LogP contribution in [-0.4, -0.2) is 32.8 Å². The smallest absolute Gasteiger partial charge is 0.258 e. The summed E-state index contributed by atoms with van der Waals surface area (Å²) in [7, 11) is 0. The van der Waals surface area contributed by atoms with Gasteiger partial charge in [-0.15, -0.1) is 0 Å². The van der Waals surface area contributed by atoms with Crippen LogP contribution >= 0.6 is 11.5 Å². The summed E-state index contributed by atoms with van der Waals surface area (Å²) in [4.78, 5) is 19.3. The molecule has 2 rings (SSSR count). The van der Waals surface area contributed by atoms with Crippen LogP contribution in [0.4, 0.5) is 10.8 Å². The molecular formula is C13H20N6OS. The lowest BCUT2D eigenvalue weighted by Crippen LogP contribution is -2.30. The molecule has 8 heteroatoms. The number of aryl methyl sites for hydroxylation is 1. The van der Waals surface area contributed by atoms with E-state index >= 15 is 0 Å². The molecule has 0 aliphatic heterocycles. The Morgan fingerprint density at radius 2 is 2.33 bits per heavy atom. The fourth-order valence-electron chi connectivity index (χ4n) is 1.87. The average Bonchev–Trinajstić information content (AvgIpc) is 3.03. The largest absolute Gasteiger partial charge is 0.382 e. The van der Waals surface area contributed by atoms with Crippen LogP contribution in [0.15, 0.2) is 12.4 Å². The van der Waals surface area contributed by atoms with Crippen molar-refractivity contribution >= 4 is 28.3 Å². The van der Waals surface area contributed by atoms with Gasteiger partial charge in [-0.2, -0.15) is 4.37 Å². The zero-order valence-corrected chi connectivity index (χ0v) is 13.0. The number of nitrogen functional groups attached to an aromatic ring is 1.